The molecule has 1 unspecified atom stereocenters. The van der Waals surface area contributed by atoms with Crippen molar-refractivity contribution in [1.82, 2.24) is 10.6 Å². The largest absolute Gasteiger partial charge is 0.463 e. The van der Waals surface area contributed by atoms with E-state index in [2.05, 4.69) is 26.6 Å². The number of urea groups is 1. The van der Waals surface area contributed by atoms with Crippen molar-refractivity contribution in [3.63, 3.8) is 0 Å². The molecule has 0 spiro atoms. The van der Waals surface area contributed by atoms with Crippen LogP contribution in [-0.2, 0) is 9.53 Å². The van der Waals surface area contributed by atoms with Gasteiger partial charge in [-0.2, -0.15) is 0 Å². The number of halogens is 1. The van der Waals surface area contributed by atoms with E-state index in [1.54, 1.807) is 13.8 Å². The zero-order chi connectivity index (χ0) is 14.7. The van der Waals surface area contributed by atoms with E-state index >= 15 is 0 Å². The smallest absolute Gasteiger partial charge is 0.338 e. The van der Waals surface area contributed by atoms with Crippen molar-refractivity contribution in [2.45, 2.75) is 19.9 Å². The third kappa shape index (κ3) is 3.01. The summed E-state index contributed by atoms with van der Waals surface area (Å²) in [6.45, 7) is 3.79. The van der Waals surface area contributed by atoms with Crippen molar-refractivity contribution in [2.75, 3.05) is 6.61 Å². The van der Waals surface area contributed by atoms with Gasteiger partial charge in [0.25, 0.3) is 0 Å². The van der Waals surface area contributed by atoms with Gasteiger partial charge in [-0.1, -0.05) is 28.1 Å². The number of ether oxygens (including phenoxy) is 1. The van der Waals surface area contributed by atoms with Gasteiger partial charge in [0, 0.05) is 4.47 Å². The van der Waals surface area contributed by atoms with Crippen LogP contribution in [0.2, 0.25) is 0 Å². The summed E-state index contributed by atoms with van der Waals surface area (Å²) in [5.41, 5.74) is 1.66. The lowest BCUT2D eigenvalue weighted by Crippen LogP contribution is -2.48. The Kier molecular flexibility index (Phi) is 4.44. The monoisotopic (exact) mass is 338 g/mol. The minimum Gasteiger partial charge on any atom is -0.463 e. The second kappa shape index (κ2) is 6.09. The standard InChI is InChI=1S/C14H15BrN2O3/c1-3-20-13(18)11-8(2)16-14(19)17-12(11)9-5-4-6-10(15)7-9/h4-8H,3H2,1-2H3,(H2,16,17,19). The number of hydrogen-bond acceptors (Lipinski definition) is 3. The molecule has 0 saturated carbocycles. The molecular formula is C14H15BrN2O3. The first kappa shape index (κ1) is 14.6. The van der Waals surface area contributed by atoms with Crippen LogP contribution in [0.4, 0.5) is 4.79 Å². The minimum atomic E-state index is -0.428. The average molecular weight is 339 g/mol. The first-order valence-electron chi connectivity index (χ1n) is 6.27. The molecule has 0 aliphatic carbocycles. The normalized spacial score (nSPS) is 18.4. The molecule has 106 valence electrons. The molecule has 0 radical (unpaired) electrons. The minimum absolute atomic E-state index is 0.286. The van der Waals surface area contributed by atoms with Crippen LogP contribution in [0.25, 0.3) is 5.70 Å². The lowest BCUT2D eigenvalue weighted by Gasteiger charge is -2.26. The van der Waals surface area contributed by atoms with Crippen LogP contribution >= 0.6 is 15.9 Å². The number of carbonyl (C=O) groups excluding carboxylic acids is 2. The SMILES string of the molecule is CCOC(=O)C1=C(c2cccc(Br)c2)NC(=O)NC1C. The summed E-state index contributed by atoms with van der Waals surface area (Å²) in [6, 6.07) is 6.65. The van der Waals surface area contributed by atoms with Gasteiger partial charge in [-0.25, -0.2) is 9.59 Å². The lowest BCUT2D eigenvalue weighted by atomic mass is 9.99. The van der Waals surface area contributed by atoms with E-state index in [1.807, 2.05) is 24.3 Å². The fourth-order valence-corrected chi connectivity index (χ4v) is 2.46. The van der Waals surface area contributed by atoms with Gasteiger partial charge < -0.3 is 15.4 Å². The quantitative estimate of drug-likeness (QED) is 0.831. The van der Waals surface area contributed by atoms with E-state index in [4.69, 9.17) is 4.74 Å². The van der Waals surface area contributed by atoms with Gasteiger partial charge >= 0.3 is 12.0 Å². The van der Waals surface area contributed by atoms with Gasteiger partial charge in [0.1, 0.15) is 0 Å². The molecular weight excluding hydrogens is 324 g/mol. The third-order valence-corrected chi connectivity index (χ3v) is 3.39. The van der Waals surface area contributed by atoms with Crippen LogP contribution in [0.3, 0.4) is 0 Å². The molecule has 1 heterocycles. The van der Waals surface area contributed by atoms with Crippen molar-refractivity contribution in [2.24, 2.45) is 0 Å². The number of nitrogens with one attached hydrogen (secondary N) is 2. The van der Waals surface area contributed by atoms with Crippen LogP contribution in [0.1, 0.15) is 19.4 Å². The molecule has 5 nitrogen and oxygen atoms in total. The maximum atomic E-state index is 12.1. The number of amides is 2. The number of rotatable bonds is 3. The molecule has 1 aromatic rings. The van der Waals surface area contributed by atoms with Crippen molar-refractivity contribution >= 4 is 33.6 Å². The molecule has 0 saturated heterocycles. The predicted molar refractivity (Wildman–Crippen MR) is 78.8 cm³/mol. The van der Waals surface area contributed by atoms with Crippen molar-refractivity contribution in [1.29, 1.82) is 0 Å². The maximum Gasteiger partial charge on any atom is 0.338 e. The first-order chi connectivity index (χ1) is 9.52. The Hall–Kier alpha value is -1.82. The molecule has 0 bridgehead atoms. The predicted octanol–water partition coefficient (Wildman–Crippen LogP) is 2.42. The molecule has 20 heavy (non-hydrogen) atoms. The summed E-state index contributed by atoms with van der Waals surface area (Å²) in [7, 11) is 0. The highest BCUT2D eigenvalue weighted by Crippen LogP contribution is 2.25. The summed E-state index contributed by atoms with van der Waals surface area (Å²) >= 11 is 3.38. The summed E-state index contributed by atoms with van der Waals surface area (Å²) in [5, 5.41) is 5.35. The Morgan fingerprint density at radius 3 is 2.85 bits per heavy atom. The molecule has 6 heteroatoms. The van der Waals surface area contributed by atoms with Gasteiger partial charge in [0.2, 0.25) is 0 Å². The molecule has 2 rings (SSSR count). The molecule has 0 aromatic heterocycles. The molecule has 1 aliphatic rings. The van der Waals surface area contributed by atoms with Crippen LogP contribution in [0.5, 0.6) is 0 Å². The van der Waals surface area contributed by atoms with E-state index < -0.39 is 12.0 Å². The molecule has 1 aromatic carbocycles. The number of carbonyl (C=O) groups is 2. The molecule has 1 atom stereocenters. The van der Waals surface area contributed by atoms with Gasteiger partial charge in [0.15, 0.2) is 0 Å². The average Bonchev–Trinajstić information content (AvgIpc) is 2.37. The van der Waals surface area contributed by atoms with E-state index in [0.717, 1.165) is 10.0 Å². The fourth-order valence-electron chi connectivity index (χ4n) is 2.06. The van der Waals surface area contributed by atoms with Crippen molar-refractivity contribution in [3.8, 4) is 0 Å². The highest BCUT2D eigenvalue weighted by atomic mass is 79.9. The fraction of sp³-hybridized carbons (Fsp3) is 0.286. The number of benzene rings is 1. The summed E-state index contributed by atoms with van der Waals surface area (Å²) in [6.07, 6.45) is 0. The van der Waals surface area contributed by atoms with Gasteiger partial charge in [-0.15, -0.1) is 0 Å². The van der Waals surface area contributed by atoms with E-state index in [1.165, 1.54) is 0 Å². The Morgan fingerprint density at radius 2 is 2.20 bits per heavy atom. The number of hydrogen-bond donors (Lipinski definition) is 2. The van der Waals surface area contributed by atoms with Gasteiger partial charge in [-0.3, -0.25) is 0 Å². The van der Waals surface area contributed by atoms with Crippen LogP contribution < -0.4 is 10.6 Å². The van der Waals surface area contributed by atoms with Gasteiger partial charge in [-0.05, 0) is 31.5 Å². The zero-order valence-corrected chi connectivity index (χ0v) is 12.8. The third-order valence-electron chi connectivity index (χ3n) is 2.90. The second-order valence-electron chi connectivity index (χ2n) is 4.34. The van der Waals surface area contributed by atoms with Crippen molar-refractivity contribution < 1.29 is 14.3 Å². The van der Waals surface area contributed by atoms with E-state index in [-0.39, 0.29) is 12.6 Å². The summed E-state index contributed by atoms with van der Waals surface area (Å²) in [5.74, 6) is -0.428. The Labute approximate surface area is 125 Å². The lowest BCUT2D eigenvalue weighted by molar-refractivity contribution is -0.138. The Bertz CT molecular complexity index is 584. The maximum absolute atomic E-state index is 12.1. The van der Waals surface area contributed by atoms with Crippen molar-refractivity contribution in [3.05, 3.63) is 39.9 Å². The Balaban J connectivity index is 2.53. The summed E-state index contributed by atoms with van der Waals surface area (Å²) < 4.78 is 5.94. The van der Waals surface area contributed by atoms with E-state index in [9.17, 15) is 9.59 Å². The molecule has 0 fully saturated rings. The highest BCUT2D eigenvalue weighted by molar-refractivity contribution is 9.10. The van der Waals surface area contributed by atoms with Crippen LogP contribution in [0, 0.1) is 0 Å². The number of esters is 1. The zero-order valence-electron chi connectivity index (χ0n) is 11.2. The van der Waals surface area contributed by atoms with Crippen LogP contribution in [0.15, 0.2) is 34.3 Å². The first-order valence-corrected chi connectivity index (χ1v) is 7.07. The molecule has 2 amide bonds. The highest BCUT2D eigenvalue weighted by Gasteiger charge is 2.30. The van der Waals surface area contributed by atoms with E-state index in [0.29, 0.717) is 11.3 Å². The molecule has 1 aliphatic heterocycles. The molecule has 2 N–H and O–H groups in total. The Morgan fingerprint density at radius 1 is 1.45 bits per heavy atom. The summed E-state index contributed by atoms with van der Waals surface area (Å²) in [4.78, 5) is 23.7. The topological polar surface area (TPSA) is 67.4 Å². The second-order valence-corrected chi connectivity index (χ2v) is 5.26. The van der Waals surface area contributed by atoms with Gasteiger partial charge in [0.05, 0.1) is 23.9 Å². The van der Waals surface area contributed by atoms with Crippen LogP contribution in [-0.4, -0.2) is 24.6 Å².